The molecule has 0 bridgehead atoms. The van der Waals surface area contributed by atoms with Crippen LogP contribution in [0, 0.1) is 27.7 Å². The summed E-state index contributed by atoms with van der Waals surface area (Å²) in [5, 5.41) is 8.98. The first-order valence-corrected chi connectivity index (χ1v) is 6.12. The van der Waals surface area contributed by atoms with Crippen molar-refractivity contribution in [1.82, 2.24) is 19.6 Å². The third-order valence-corrected chi connectivity index (χ3v) is 3.55. The molecule has 2 heterocycles. The lowest BCUT2D eigenvalue weighted by atomic mass is 10.2. The van der Waals surface area contributed by atoms with Crippen molar-refractivity contribution in [3.8, 4) is 5.82 Å². The number of aryl methyl sites for hydroxylation is 2. The molecule has 0 unspecified atom stereocenters. The van der Waals surface area contributed by atoms with Crippen LogP contribution in [0.25, 0.3) is 5.82 Å². The van der Waals surface area contributed by atoms with Gasteiger partial charge in [0.2, 0.25) is 0 Å². The molecule has 96 valence electrons. The highest BCUT2D eigenvalue weighted by Gasteiger charge is 2.19. The molecule has 2 aromatic rings. The molecule has 2 N–H and O–H groups in total. The fourth-order valence-electron chi connectivity index (χ4n) is 2.10. The fourth-order valence-corrected chi connectivity index (χ4v) is 2.40. The second kappa shape index (κ2) is 4.20. The molecule has 0 aliphatic rings. The van der Waals surface area contributed by atoms with Gasteiger partial charge in [0.05, 0.1) is 17.0 Å². The summed E-state index contributed by atoms with van der Waals surface area (Å²) in [6.45, 7) is 7.93. The molecule has 0 fully saturated rings. The maximum atomic E-state index is 5.73. The summed E-state index contributed by atoms with van der Waals surface area (Å²) in [5.74, 6) is 0.832. The molecule has 0 aliphatic heterocycles. The van der Waals surface area contributed by atoms with Gasteiger partial charge < -0.3 is 5.73 Å². The molecule has 0 atom stereocenters. The third-order valence-electron chi connectivity index (χ3n) is 3.35. The molecule has 5 nitrogen and oxygen atoms in total. The van der Waals surface area contributed by atoms with E-state index in [2.05, 4.69) is 10.2 Å². The summed E-state index contributed by atoms with van der Waals surface area (Å²) in [6.07, 6.45) is 0. The van der Waals surface area contributed by atoms with Gasteiger partial charge in [-0.15, -0.1) is 0 Å². The second-order valence-electron chi connectivity index (χ2n) is 4.48. The predicted molar refractivity (Wildman–Crippen MR) is 75.2 cm³/mol. The number of nitrogens with two attached hydrogens (primary N) is 1. The maximum Gasteiger partial charge on any atom is 0.178 e. The number of hydrogen-bond donors (Lipinski definition) is 1. The van der Waals surface area contributed by atoms with Crippen molar-refractivity contribution in [2.45, 2.75) is 27.7 Å². The van der Waals surface area contributed by atoms with E-state index < -0.39 is 0 Å². The van der Waals surface area contributed by atoms with Crippen molar-refractivity contribution in [3.63, 3.8) is 0 Å². The van der Waals surface area contributed by atoms with Gasteiger partial charge in [-0.25, -0.2) is 4.68 Å². The van der Waals surface area contributed by atoms with Gasteiger partial charge in [-0.2, -0.15) is 10.2 Å². The Morgan fingerprint density at radius 1 is 1.11 bits per heavy atom. The SMILES string of the molecule is Cc1nn(-c2nn(C)c(C)c2C)c(C)c1C(N)=S. The Balaban J connectivity index is 2.69. The van der Waals surface area contributed by atoms with E-state index in [0.29, 0.717) is 4.99 Å². The summed E-state index contributed by atoms with van der Waals surface area (Å²) in [5.41, 5.74) is 10.6. The summed E-state index contributed by atoms with van der Waals surface area (Å²) in [6, 6.07) is 0. The largest absolute Gasteiger partial charge is 0.389 e. The lowest BCUT2D eigenvalue weighted by Crippen LogP contribution is -2.12. The van der Waals surface area contributed by atoms with Crippen LogP contribution in [-0.2, 0) is 7.05 Å². The highest BCUT2D eigenvalue weighted by Crippen LogP contribution is 2.21. The van der Waals surface area contributed by atoms with Crippen LogP contribution >= 0.6 is 12.2 Å². The van der Waals surface area contributed by atoms with Crippen LogP contribution in [-0.4, -0.2) is 24.5 Å². The Hall–Kier alpha value is -1.69. The summed E-state index contributed by atoms with van der Waals surface area (Å²) in [4.78, 5) is 0.376. The van der Waals surface area contributed by atoms with Gasteiger partial charge >= 0.3 is 0 Å². The van der Waals surface area contributed by atoms with Crippen molar-refractivity contribution in [2.75, 3.05) is 0 Å². The van der Waals surface area contributed by atoms with E-state index in [1.54, 1.807) is 0 Å². The quantitative estimate of drug-likeness (QED) is 0.834. The Labute approximate surface area is 112 Å². The third kappa shape index (κ3) is 1.73. The molecule has 0 aromatic carbocycles. The zero-order valence-corrected chi connectivity index (χ0v) is 12.1. The molecule has 0 aliphatic carbocycles. The first-order chi connectivity index (χ1) is 8.34. The minimum atomic E-state index is 0.376. The topological polar surface area (TPSA) is 61.7 Å². The van der Waals surface area contributed by atoms with Crippen molar-refractivity contribution in [2.24, 2.45) is 12.8 Å². The van der Waals surface area contributed by atoms with E-state index in [1.165, 1.54) is 0 Å². The minimum Gasteiger partial charge on any atom is -0.389 e. The normalized spacial score (nSPS) is 10.9. The number of thiocarbonyl (C=S) groups is 1. The number of aromatic nitrogens is 4. The molecule has 18 heavy (non-hydrogen) atoms. The highest BCUT2D eigenvalue weighted by atomic mass is 32.1. The molecule has 0 amide bonds. The molecule has 2 aromatic heterocycles. The zero-order valence-electron chi connectivity index (χ0n) is 11.3. The predicted octanol–water partition coefficient (Wildman–Crippen LogP) is 1.47. The van der Waals surface area contributed by atoms with E-state index in [0.717, 1.165) is 34.0 Å². The molecular weight excluding hydrogens is 246 g/mol. The van der Waals surface area contributed by atoms with E-state index in [-0.39, 0.29) is 0 Å². The van der Waals surface area contributed by atoms with Crippen LogP contribution < -0.4 is 5.73 Å². The first-order valence-electron chi connectivity index (χ1n) is 5.71. The Morgan fingerprint density at radius 3 is 2.11 bits per heavy atom. The molecule has 0 saturated carbocycles. The van der Waals surface area contributed by atoms with E-state index >= 15 is 0 Å². The number of hydrogen-bond acceptors (Lipinski definition) is 3. The van der Waals surface area contributed by atoms with Crippen molar-refractivity contribution >= 4 is 17.2 Å². The van der Waals surface area contributed by atoms with Gasteiger partial charge in [-0.3, -0.25) is 4.68 Å². The molecule has 6 heteroatoms. The van der Waals surface area contributed by atoms with Gasteiger partial charge in [0.25, 0.3) is 0 Å². The van der Waals surface area contributed by atoms with Gasteiger partial charge in [0.15, 0.2) is 5.82 Å². The lowest BCUT2D eigenvalue weighted by molar-refractivity contribution is 0.706. The molecule has 0 spiro atoms. The van der Waals surface area contributed by atoms with Crippen molar-refractivity contribution < 1.29 is 0 Å². The Kier molecular flexibility index (Phi) is 2.98. The van der Waals surface area contributed by atoms with Crippen LogP contribution in [0.4, 0.5) is 0 Å². The number of nitrogens with zero attached hydrogens (tertiary/aromatic N) is 4. The molecule has 0 radical (unpaired) electrons. The molecule has 2 rings (SSSR count). The van der Waals surface area contributed by atoms with Gasteiger partial charge in [0.1, 0.15) is 4.99 Å². The summed E-state index contributed by atoms with van der Waals surface area (Å²) >= 11 is 5.06. The second-order valence-corrected chi connectivity index (χ2v) is 4.92. The van der Waals surface area contributed by atoms with E-state index in [9.17, 15) is 0 Å². The molecular formula is C12H17N5S. The van der Waals surface area contributed by atoms with Crippen LogP contribution in [0.15, 0.2) is 0 Å². The maximum absolute atomic E-state index is 5.73. The average molecular weight is 263 g/mol. The van der Waals surface area contributed by atoms with Gasteiger partial charge in [0, 0.05) is 18.3 Å². The lowest BCUT2D eigenvalue weighted by Gasteiger charge is -2.02. The van der Waals surface area contributed by atoms with E-state index in [1.807, 2.05) is 44.1 Å². The Bertz CT molecular complexity index is 635. The smallest absolute Gasteiger partial charge is 0.178 e. The van der Waals surface area contributed by atoms with Crippen LogP contribution in [0.5, 0.6) is 0 Å². The van der Waals surface area contributed by atoms with Crippen molar-refractivity contribution in [3.05, 3.63) is 28.2 Å². The van der Waals surface area contributed by atoms with Gasteiger partial charge in [-0.1, -0.05) is 12.2 Å². The van der Waals surface area contributed by atoms with Crippen LogP contribution in [0.1, 0.15) is 28.2 Å². The summed E-state index contributed by atoms with van der Waals surface area (Å²) in [7, 11) is 1.92. The highest BCUT2D eigenvalue weighted by molar-refractivity contribution is 7.80. The zero-order chi connectivity index (χ0) is 13.6. The first kappa shape index (κ1) is 12.8. The molecule has 0 saturated heterocycles. The van der Waals surface area contributed by atoms with E-state index in [4.69, 9.17) is 18.0 Å². The standard InChI is InChI=1S/C12H17N5S/c1-6-8(3)16(5)15-12(6)17-9(4)10(11(13)18)7(2)14-17/h1-5H3,(H2,13,18). The van der Waals surface area contributed by atoms with Crippen LogP contribution in [0.2, 0.25) is 0 Å². The number of rotatable bonds is 2. The van der Waals surface area contributed by atoms with Gasteiger partial charge in [-0.05, 0) is 27.7 Å². The minimum absolute atomic E-state index is 0.376. The summed E-state index contributed by atoms with van der Waals surface area (Å²) < 4.78 is 3.66. The average Bonchev–Trinajstić information content (AvgIpc) is 2.70. The van der Waals surface area contributed by atoms with Crippen LogP contribution in [0.3, 0.4) is 0 Å². The Morgan fingerprint density at radius 2 is 1.72 bits per heavy atom. The fraction of sp³-hybridized carbons (Fsp3) is 0.417. The van der Waals surface area contributed by atoms with Crippen molar-refractivity contribution in [1.29, 1.82) is 0 Å². The monoisotopic (exact) mass is 263 g/mol.